The molecule has 2 aliphatic rings. The Morgan fingerprint density at radius 1 is 1.24 bits per heavy atom. The van der Waals surface area contributed by atoms with E-state index in [1.54, 1.807) is 30.3 Å². The first-order chi connectivity index (χ1) is 10.0. The summed E-state index contributed by atoms with van der Waals surface area (Å²) in [5, 5.41) is 11.7. The molecule has 0 spiro atoms. The van der Waals surface area contributed by atoms with Crippen LogP contribution in [-0.4, -0.2) is 21.7 Å². The Hall–Kier alpha value is -2.41. The average Bonchev–Trinajstić information content (AvgIpc) is 2.76. The molecule has 2 atom stereocenters. The molecule has 0 radical (unpaired) electrons. The highest BCUT2D eigenvalue weighted by Crippen LogP contribution is 2.48. The van der Waals surface area contributed by atoms with E-state index in [2.05, 4.69) is 4.74 Å². The van der Waals surface area contributed by atoms with E-state index in [0.29, 0.717) is 4.90 Å². The van der Waals surface area contributed by atoms with Crippen molar-refractivity contribution < 1.29 is 19.2 Å². The van der Waals surface area contributed by atoms with Gasteiger partial charge in [0, 0.05) is 15.9 Å². The Morgan fingerprint density at radius 3 is 2.62 bits per heavy atom. The van der Waals surface area contributed by atoms with E-state index in [0.717, 1.165) is 11.8 Å². The first-order valence-corrected chi connectivity index (χ1v) is 6.90. The lowest BCUT2D eigenvalue weighted by molar-refractivity contribution is -0.529. The molecule has 1 aliphatic heterocycles. The first kappa shape index (κ1) is 13.6. The van der Waals surface area contributed by atoms with Gasteiger partial charge in [-0.1, -0.05) is 30.4 Å². The molecular formula is C14H9NO5S. The van der Waals surface area contributed by atoms with Gasteiger partial charge in [-0.3, -0.25) is 14.9 Å². The number of nitrogens with zero attached hydrogens (tertiary/aromatic N) is 1. The van der Waals surface area contributed by atoms with Crippen LogP contribution in [0.3, 0.4) is 0 Å². The van der Waals surface area contributed by atoms with Crippen LogP contribution in [0.5, 0.6) is 0 Å². The minimum atomic E-state index is -1.77. The van der Waals surface area contributed by atoms with E-state index in [-0.39, 0.29) is 5.57 Å². The summed E-state index contributed by atoms with van der Waals surface area (Å²) >= 11 is 0.923. The molecule has 3 rings (SSSR count). The second-order valence-electron chi connectivity index (χ2n) is 4.55. The lowest BCUT2D eigenvalue weighted by Gasteiger charge is -2.26. The molecule has 6 nitrogen and oxygen atoms in total. The number of nitro groups is 1. The van der Waals surface area contributed by atoms with Gasteiger partial charge in [0.15, 0.2) is 5.92 Å². The smallest absolute Gasteiger partial charge is 0.342 e. The largest absolute Gasteiger partial charge is 0.389 e. The van der Waals surface area contributed by atoms with Crippen LogP contribution in [0.1, 0.15) is 0 Å². The van der Waals surface area contributed by atoms with E-state index in [1.165, 1.54) is 18.2 Å². The minimum Gasteiger partial charge on any atom is -0.389 e. The molecule has 21 heavy (non-hydrogen) atoms. The highest BCUT2D eigenvalue weighted by atomic mass is 32.2. The number of allylic oxidation sites excluding steroid dienone is 2. The van der Waals surface area contributed by atoms with E-state index in [9.17, 15) is 19.7 Å². The summed E-state index contributed by atoms with van der Waals surface area (Å²) in [5.41, 5.74) is 0.0302. The van der Waals surface area contributed by atoms with E-state index >= 15 is 0 Å². The molecule has 0 saturated carbocycles. The molecule has 1 aromatic rings. The molecular weight excluding hydrogens is 294 g/mol. The molecule has 0 aromatic heterocycles. The molecule has 1 heterocycles. The van der Waals surface area contributed by atoms with Crippen LogP contribution in [0.15, 0.2) is 59.0 Å². The molecule has 1 aliphatic carbocycles. The molecule has 7 heteroatoms. The molecule has 0 bridgehead atoms. The second kappa shape index (κ2) is 4.85. The topological polar surface area (TPSA) is 86.5 Å². The van der Waals surface area contributed by atoms with Crippen molar-refractivity contribution in [2.75, 3.05) is 0 Å². The number of hydrogen-bond donors (Lipinski definition) is 0. The molecule has 1 fully saturated rings. The first-order valence-electron chi connectivity index (χ1n) is 6.08. The molecule has 2 unspecified atom stereocenters. The van der Waals surface area contributed by atoms with Crippen LogP contribution in [0, 0.1) is 16.0 Å². The predicted molar refractivity (Wildman–Crippen MR) is 73.8 cm³/mol. The maximum absolute atomic E-state index is 11.9. The zero-order valence-electron chi connectivity index (χ0n) is 10.6. The molecule has 0 N–H and O–H groups in total. The van der Waals surface area contributed by atoms with Gasteiger partial charge in [-0.2, -0.15) is 0 Å². The predicted octanol–water partition coefficient (Wildman–Crippen LogP) is 1.95. The monoisotopic (exact) mass is 303 g/mol. The Bertz CT molecular complexity index is 697. The van der Waals surface area contributed by atoms with Gasteiger partial charge in [0.1, 0.15) is 0 Å². The van der Waals surface area contributed by atoms with E-state index in [4.69, 9.17) is 0 Å². The van der Waals surface area contributed by atoms with E-state index < -0.39 is 27.7 Å². The number of esters is 2. The average molecular weight is 303 g/mol. The summed E-state index contributed by atoms with van der Waals surface area (Å²) in [7, 11) is 0. The standard InChI is InChI=1S/C14H9NO5S/c16-12-10-7-4-8-14(15(18)19,11(10)13(17)20-12)21-9-5-2-1-3-6-9/h1-8,11H. The minimum absolute atomic E-state index is 0.0302. The van der Waals surface area contributed by atoms with Crippen LogP contribution in [0.25, 0.3) is 0 Å². The molecule has 1 aromatic carbocycles. The molecule has 0 amide bonds. The molecule has 1 saturated heterocycles. The number of carbonyl (C=O) groups is 2. The fraction of sp³-hybridized carbons (Fsp3) is 0.143. The Balaban J connectivity index is 2.08. The van der Waals surface area contributed by atoms with Crippen molar-refractivity contribution in [3.05, 3.63) is 64.2 Å². The van der Waals surface area contributed by atoms with Crippen molar-refractivity contribution in [3.63, 3.8) is 0 Å². The van der Waals surface area contributed by atoms with Gasteiger partial charge in [0.2, 0.25) is 0 Å². The number of cyclic esters (lactones) is 2. The van der Waals surface area contributed by atoms with Crippen molar-refractivity contribution in [3.8, 4) is 0 Å². The Morgan fingerprint density at radius 2 is 1.95 bits per heavy atom. The van der Waals surface area contributed by atoms with Gasteiger partial charge in [0.25, 0.3) is 0 Å². The van der Waals surface area contributed by atoms with Crippen LogP contribution >= 0.6 is 11.8 Å². The third-order valence-electron chi connectivity index (χ3n) is 3.31. The third-order valence-corrected chi connectivity index (χ3v) is 4.67. The summed E-state index contributed by atoms with van der Waals surface area (Å²) in [6, 6.07) is 8.71. The van der Waals surface area contributed by atoms with Crippen molar-refractivity contribution in [2.45, 2.75) is 9.77 Å². The Kier molecular flexibility index (Phi) is 3.13. The lowest BCUT2D eigenvalue weighted by atomic mass is 9.89. The summed E-state index contributed by atoms with van der Waals surface area (Å²) in [4.78, 5) is 33.5. The normalized spacial score (nSPS) is 27.0. The molecule has 106 valence electrons. The zero-order valence-corrected chi connectivity index (χ0v) is 11.4. The van der Waals surface area contributed by atoms with E-state index in [1.807, 2.05) is 0 Å². The van der Waals surface area contributed by atoms with Crippen LogP contribution in [-0.2, 0) is 14.3 Å². The van der Waals surface area contributed by atoms with Crippen molar-refractivity contribution in [1.29, 1.82) is 0 Å². The lowest BCUT2D eigenvalue weighted by Crippen LogP contribution is -2.44. The summed E-state index contributed by atoms with van der Waals surface area (Å²) < 4.78 is 4.55. The maximum atomic E-state index is 11.9. The number of hydrogen-bond acceptors (Lipinski definition) is 6. The van der Waals surface area contributed by atoms with Gasteiger partial charge < -0.3 is 4.74 Å². The Labute approximate surface area is 123 Å². The van der Waals surface area contributed by atoms with Crippen LogP contribution < -0.4 is 0 Å². The third kappa shape index (κ3) is 2.06. The number of rotatable bonds is 3. The van der Waals surface area contributed by atoms with Gasteiger partial charge in [0.05, 0.1) is 5.57 Å². The number of benzene rings is 1. The van der Waals surface area contributed by atoms with Crippen LogP contribution in [0.4, 0.5) is 0 Å². The van der Waals surface area contributed by atoms with Gasteiger partial charge in [-0.15, -0.1) is 0 Å². The summed E-state index contributed by atoms with van der Waals surface area (Å²) in [5.74, 6) is -2.92. The summed E-state index contributed by atoms with van der Waals surface area (Å²) in [6.45, 7) is 0. The quantitative estimate of drug-likeness (QED) is 0.279. The van der Waals surface area contributed by atoms with Crippen LogP contribution in [0.2, 0.25) is 0 Å². The van der Waals surface area contributed by atoms with Gasteiger partial charge in [-0.25, -0.2) is 4.79 Å². The zero-order chi connectivity index (χ0) is 15.0. The SMILES string of the molecule is O=C1OC(=O)C2C1=CC=CC2(Sc1ccccc1)[N+](=O)[O-]. The van der Waals surface area contributed by atoms with Gasteiger partial charge in [-0.05, 0) is 23.9 Å². The second-order valence-corrected chi connectivity index (χ2v) is 5.88. The van der Waals surface area contributed by atoms with Gasteiger partial charge >= 0.3 is 16.8 Å². The number of ether oxygens (including phenoxy) is 1. The fourth-order valence-corrected chi connectivity index (χ4v) is 3.60. The fourth-order valence-electron chi connectivity index (χ4n) is 2.37. The number of carbonyl (C=O) groups excluding carboxylic acids is 2. The highest BCUT2D eigenvalue weighted by molar-refractivity contribution is 8.00. The van der Waals surface area contributed by atoms with Crippen molar-refractivity contribution in [1.82, 2.24) is 0 Å². The summed E-state index contributed by atoms with van der Waals surface area (Å²) in [6.07, 6.45) is 4.15. The maximum Gasteiger partial charge on any atom is 0.342 e. The highest BCUT2D eigenvalue weighted by Gasteiger charge is 2.61. The van der Waals surface area contributed by atoms with Crippen molar-refractivity contribution >= 4 is 23.7 Å². The number of fused-ring (bicyclic) bond motifs is 1. The number of thioether (sulfide) groups is 1. The van der Waals surface area contributed by atoms with Crippen molar-refractivity contribution in [2.24, 2.45) is 5.92 Å².